The summed E-state index contributed by atoms with van der Waals surface area (Å²) in [4.78, 5) is 1.88. The summed E-state index contributed by atoms with van der Waals surface area (Å²) in [6.07, 6.45) is 7.14. The van der Waals surface area contributed by atoms with E-state index in [9.17, 15) is 0 Å². The number of hydrogen-bond acceptors (Lipinski definition) is 2. The SMILES string of the molecule is C/C=C\N(C)/C=C\N. The molecule has 0 aromatic heterocycles. The third kappa shape index (κ3) is 3.28. The molecule has 8 heavy (non-hydrogen) atoms. The van der Waals surface area contributed by atoms with Crippen LogP contribution in [0.3, 0.4) is 0 Å². The van der Waals surface area contributed by atoms with Crippen molar-refractivity contribution >= 4 is 0 Å². The van der Waals surface area contributed by atoms with Crippen molar-refractivity contribution in [2.24, 2.45) is 5.73 Å². The largest absolute Gasteiger partial charge is 0.403 e. The van der Waals surface area contributed by atoms with Crippen LogP contribution >= 0.6 is 0 Å². The van der Waals surface area contributed by atoms with E-state index in [1.165, 1.54) is 6.20 Å². The van der Waals surface area contributed by atoms with Crippen molar-refractivity contribution in [3.05, 3.63) is 24.7 Å². The highest BCUT2D eigenvalue weighted by atomic mass is 15.0. The first-order chi connectivity index (χ1) is 3.81. The minimum absolute atomic E-state index is 1.50. The van der Waals surface area contributed by atoms with E-state index in [4.69, 9.17) is 5.73 Å². The standard InChI is InChI=1S/C6H12N2/c1-3-5-8(2)6-4-7/h3-6H,7H2,1-2H3/b5-3-,6-4-. The Labute approximate surface area is 50.3 Å². The van der Waals surface area contributed by atoms with Crippen LogP contribution in [0.4, 0.5) is 0 Å². The van der Waals surface area contributed by atoms with Crippen LogP contribution < -0.4 is 5.73 Å². The summed E-state index contributed by atoms with van der Waals surface area (Å²) in [7, 11) is 1.92. The monoisotopic (exact) mass is 112 g/mol. The van der Waals surface area contributed by atoms with Gasteiger partial charge < -0.3 is 10.6 Å². The van der Waals surface area contributed by atoms with Gasteiger partial charge in [0.05, 0.1) is 0 Å². The highest BCUT2D eigenvalue weighted by Crippen LogP contribution is 1.81. The molecule has 46 valence electrons. The van der Waals surface area contributed by atoms with Crippen LogP contribution in [0.15, 0.2) is 24.7 Å². The summed E-state index contributed by atoms with van der Waals surface area (Å²) >= 11 is 0. The van der Waals surface area contributed by atoms with Gasteiger partial charge in [0.25, 0.3) is 0 Å². The molecule has 0 amide bonds. The second-order valence-corrected chi connectivity index (χ2v) is 1.49. The number of nitrogens with two attached hydrogens (primary N) is 1. The van der Waals surface area contributed by atoms with E-state index in [2.05, 4.69) is 0 Å². The lowest BCUT2D eigenvalue weighted by molar-refractivity contribution is 0.623. The first-order valence-corrected chi connectivity index (χ1v) is 2.54. The molecule has 0 fully saturated rings. The van der Waals surface area contributed by atoms with Crippen molar-refractivity contribution in [3.63, 3.8) is 0 Å². The third-order valence-corrected chi connectivity index (χ3v) is 0.705. The molecular weight excluding hydrogens is 100 g/mol. The van der Waals surface area contributed by atoms with Crippen molar-refractivity contribution in [1.82, 2.24) is 4.90 Å². The Morgan fingerprint density at radius 3 is 2.38 bits per heavy atom. The Hall–Kier alpha value is -0.920. The first kappa shape index (κ1) is 7.08. The Bertz CT molecular complexity index is 82.7. The van der Waals surface area contributed by atoms with Crippen molar-refractivity contribution < 1.29 is 0 Å². The topological polar surface area (TPSA) is 29.3 Å². The van der Waals surface area contributed by atoms with E-state index >= 15 is 0 Å². The summed E-state index contributed by atoms with van der Waals surface area (Å²) in [5.41, 5.74) is 5.10. The van der Waals surface area contributed by atoms with Crippen molar-refractivity contribution in [2.75, 3.05) is 7.05 Å². The zero-order valence-corrected chi connectivity index (χ0v) is 5.33. The highest BCUT2D eigenvalue weighted by Gasteiger charge is 1.74. The molecular formula is C6H12N2. The van der Waals surface area contributed by atoms with Gasteiger partial charge in [-0.15, -0.1) is 0 Å². The Morgan fingerprint density at radius 1 is 1.38 bits per heavy atom. The fourth-order valence-corrected chi connectivity index (χ4v) is 0.421. The fourth-order valence-electron chi connectivity index (χ4n) is 0.421. The van der Waals surface area contributed by atoms with Gasteiger partial charge in [-0.3, -0.25) is 0 Å². The molecule has 0 unspecified atom stereocenters. The minimum atomic E-state index is 1.50. The van der Waals surface area contributed by atoms with Gasteiger partial charge in [-0.25, -0.2) is 0 Å². The van der Waals surface area contributed by atoms with Gasteiger partial charge in [-0.2, -0.15) is 0 Å². The van der Waals surface area contributed by atoms with Gasteiger partial charge in [-0.1, -0.05) is 6.08 Å². The number of hydrogen-bond donors (Lipinski definition) is 1. The average molecular weight is 112 g/mol. The Balaban J connectivity index is 3.47. The average Bonchev–Trinajstić information content (AvgIpc) is 1.68. The molecule has 0 saturated heterocycles. The summed E-state index contributed by atoms with van der Waals surface area (Å²) in [6, 6.07) is 0. The lowest BCUT2D eigenvalue weighted by Gasteiger charge is -2.03. The van der Waals surface area contributed by atoms with Crippen LogP contribution in [0.25, 0.3) is 0 Å². The molecule has 0 atom stereocenters. The maximum atomic E-state index is 5.10. The van der Waals surface area contributed by atoms with Gasteiger partial charge in [0.1, 0.15) is 0 Å². The zero-order chi connectivity index (χ0) is 6.41. The smallest absolute Gasteiger partial charge is 0.0186 e. The van der Waals surface area contributed by atoms with Gasteiger partial charge >= 0.3 is 0 Å². The maximum absolute atomic E-state index is 5.10. The maximum Gasteiger partial charge on any atom is 0.0186 e. The van der Waals surface area contributed by atoms with E-state index in [1.54, 1.807) is 6.20 Å². The predicted molar refractivity (Wildman–Crippen MR) is 35.9 cm³/mol. The predicted octanol–water partition coefficient (Wildman–Crippen LogP) is 0.882. The van der Waals surface area contributed by atoms with Crippen molar-refractivity contribution in [3.8, 4) is 0 Å². The van der Waals surface area contributed by atoms with Gasteiger partial charge in [0.15, 0.2) is 0 Å². The van der Waals surface area contributed by atoms with Crippen LogP contribution in [0.1, 0.15) is 6.92 Å². The van der Waals surface area contributed by atoms with E-state index in [-0.39, 0.29) is 0 Å². The number of allylic oxidation sites excluding steroid dienone is 1. The van der Waals surface area contributed by atoms with Crippen LogP contribution in [0.5, 0.6) is 0 Å². The van der Waals surface area contributed by atoms with Gasteiger partial charge in [-0.05, 0) is 13.1 Å². The van der Waals surface area contributed by atoms with Crippen LogP contribution in [-0.4, -0.2) is 11.9 Å². The molecule has 0 rings (SSSR count). The fraction of sp³-hybridized carbons (Fsp3) is 0.333. The lowest BCUT2D eigenvalue weighted by atomic mass is 10.6. The number of rotatable bonds is 2. The zero-order valence-electron chi connectivity index (χ0n) is 5.33. The molecule has 0 aromatic carbocycles. The van der Waals surface area contributed by atoms with Crippen LogP contribution in [0.2, 0.25) is 0 Å². The Kier molecular flexibility index (Phi) is 3.76. The molecule has 0 aliphatic rings. The highest BCUT2D eigenvalue weighted by molar-refractivity contribution is 4.85. The molecule has 2 nitrogen and oxygen atoms in total. The molecule has 0 bridgehead atoms. The summed E-state index contributed by atoms with van der Waals surface area (Å²) in [6.45, 7) is 1.96. The second kappa shape index (κ2) is 4.24. The molecule has 0 spiro atoms. The van der Waals surface area contributed by atoms with Crippen molar-refractivity contribution in [1.29, 1.82) is 0 Å². The molecule has 0 saturated carbocycles. The number of nitrogens with zero attached hydrogens (tertiary/aromatic N) is 1. The van der Waals surface area contributed by atoms with E-state index in [0.717, 1.165) is 0 Å². The summed E-state index contributed by atoms with van der Waals surface area (Å²) < 4.78 is 0. The van der Waals surface area contributed by atoms with Crippen molar-refractivity contribution in [2.45, 2.75) is 6.92 Å². The van der Waals surface area contributed by atoms with E-state index in [1.807, 2.05) is 31.1 Å². The molecule has 0 aromatic rings. The molecule has 2 N–H and O–H groups in total. The van der Waals surface area contributed by atoms with Crippen LogP contribution in [0, 0.1) is 0 Å². The summed E-state index contributed by atoms with van der Waals surface area (Å²) in [5, 5.41) is 0. The third-order valence-electron chi connectivity index (χ3n) is 0.705. The Morgan fingerprint density at radius 2 is 2.00 bits per heavy atom. The van der Waals surface area contributed by atoms with Gasteiger partial charge in [0.2, 0.25) is 0 Å². The first-order valence-electron chi connectivity index (χ1n) is 2.54. The molecule has 0 aliphatic heterocycles. The second-order valence-electron chi connectivity index (χ2n) is 1.49. The molecule has 0 heterocycles. The lowest BCUT2D eigenvalue weighted by Crippen LogP contribution is -2.00. The molecule has 0 radical (unpaired) electrons. The molecule has 2 heteroatoms. The van der Waals surface area contributed by atoms with E-state index in [0.29, 0.717) is 0 Å². The van der Waals surface area contributed by atoms with E-state index < -0.39 is 0 Å². The van der Waals surface area contributed by atoms with Crippen LogP contribution in [-0.2, 0) is 0 Å². The quantitative estimate of drug-likeness (QED) is 0.574. The summed E-state index contributed by atoms with van der Waals surface area (Å²) in [5.74, 6) is 0. The minimum Gasteiger partial charge on any atom is -0.403 e. The molecule has 0 aliphatic carbocycles. The normalized spacial score (nSPS) is 11.2. The van der Waals surface area contributed by atoms with Gasteiger partial charge in [0, 0.05) is 19.4 Å².